The highest BCUT2D eigenvalue weighted by atomic mass is 35.5. The number of hydrogen-bond donors (Lipinski definition) is 1. The van der Waals surface area contributed by atoms with Crippen molar-refractivity contribution in [3.8, 4) is 17.6 Å². The smallest absolute Gasteiger partial charge is 0.174 e. The molecule has 0 spiro atoms. The second kappa shape index (κ2) is 10.7. The lowest BCUT2D eigenvalue weighted by atomic mass is 9.84. The molecule has 1 fully saturated rings. The van der Waals surface area contributed by atoms with Crippen LogP contribution in [0.1, 0.15) is 41.6 Å². The number of rotatable bonds is 6. The van der Waals surface area contributed by atoms with Gasteiger partial charge < -0.3 is 19.5 Å². The van der Waals surface area contributed by atoms with Gasteiger partial charge in [0.15, 0.2) is 6.61 Å². The highest BCUT2D eigenvalue weighted by Crippen LogP contribution is 2.39. The van der Waals surface area contributed by atoms with Crippen molar-refractivity contribution in [2.75, 3.05) is 26.2 Å². The molecule has 2 aliphatic heterocycles. The first kappa shape index (κ1) is 24.3. The molecular weight excluding hydrogens is 474 g/mol. The van der Waals surface area contributed by atoms with E-state index in [1.807, 2.05) is 54.6 Å². The molecule has 2 aromatic carbocycles. The van der Waals surface area contributed by atoms with E-state index >= 15 is 0 Å². The van der Waals surface area contributed by atoms with Crippen molar-refractivity contribution in [2.45, 2.75) is 31.5 Å². The predicted octanol–water partition coefficient (Wildman–Crippen LogP) is 5.34. The summed E-state index contributed by atoms with van der Waals surface area (Å²) in [5, 5.41) is 20.8. The number of pyridine rings is 1. The maximum Gasteiger partial charge on any atom is 0.174 e. The van der Waals surface area contributed by atoms with Crippen LogP contribution in [-0.2, 0) is 12.2 Å². The van der Waals surface area contributed by atoms with Crippen molar-refractivity contribution >= 4 is 17.2 Å². The summed E-state index contributed by atoms with van der Waals surface area (Å²) in [6.07, 6.45) is 6.24. The van der Waals surface area contributed by atoms with Crippen molar-refractivity contribution < 1.29 is 14.6 Å². The number of likely N-dealkylation sites (tertiary alicyclic amines) is 1. The van der Waals surface area contributed by atoms with E-state index in [4.69, 9.17) is 26.3 Å². The molecule has 3 heterocycles. The topological polar surface area (TPSA) is 78.6 Å². The number of nitriles is 1. The van der Waals surface area contributed by atoms with Crippen LogP contribution in [0.4, 0.5) is 0 Å². The fourth-order valence-electron chi connectivity index (χ4n) is 4.95. The molecule has 1 N–H and O–H groups in total. The van der Waals surface area contributed by atoms with Crippen LogP contribution in [0.25, 0.3) is 5.57 Å². The molecule has 0 unspecified atom stereocenters. The van der Waals surface area contributed by atoms with Gasteiger partial charge in [-0.15, -0.1) is 0 Å². The minimum atomic E-state index is -0.804. The predicted molar refractivity (Wildman–Crippen MR) is 139 cm³/mol. The number of benzene rings is 2. The van der Waals surface area contributed by atoms with Crippen molar-refractivity contribution in [1.29, 1.82) is 5.26 Å². The van der Waals surface area contributed by atoms with Gasteiger partial charge in [-0.2, -0.15) is 5.26 Å². The van der Waals surface area contributed by atoms with Crippen LogP contribution in [0.15, 0.2) is 66.9 Å². The zero-order valence-electron chi connectivity index (χ0n) is 20.0. The Morgan fingerprint density at radius 2 is 1.94 bits per heavy atom. The summed E-state index contributed by atoms with van der Waals surface area (Å²) < 4.78 is 11.6. The van der Waals surface area contributed by atoms with Gasteiger partial charge in [-0.05, 0) is 66.8 Å². The Morgan fingerprint density at radius 3 is 2.72 bits per heavy atom. The van der Waals surface area contributed by atoms with E-state index in [9.17, 15) is 5.11 Å². The van der Waals surface area contributed by atoms with Crippen molar-refractivity contribution in [2.24, 2.45) is 0 Å². The second-order valence-electron chi connectivity index (χ2n) is 9.18. The number of halogens is 1. The molecule has 3 aromatic rings. The van der Waals surface area contributed by atoms with Gasteiger partial charge in [0.1, 0.15) is 24.2 Å². The standard InChI is InChI=1S/C29H28ClN3O3/c30-22-7-5-21(6-8-22)29(34)11-16-33(17-12-29)15-2-4-24-25-3-1-14-32-27(25)20-36-28-10-9-23(19-26(24)28)35-18-13-31/h1,3-10,14,19,34H,2,11-12,15-18,20H2. The Labute approximate surface area is 216 Å². The fourth-order valence-corrected chi connectivity index (χ4v) is 5.07. The van der Waals surface area contributed by atoms with Crippen LogP contribution >= 0.6 is 11.6 Å². The molecule has 184 valence electrons. The summed E-state index contributed by atoms with van der Waals surface area (Å²) in [5.41, 5.74) is 4.06. The average molecular weight is 502 g/mol. The average Bonchev–Trinajstić information content (AvgIpc) is 3.06. The SMILES string of the molecule is N#CCOc1ccc2c(c1)C(=CCCN1CCC(O)(c3ccc(Cl)cc3)CC1)c1cccnc1CO2. The third-order valence-electron chi connectivity index (χ3n) is 6.95. The fraction of sp³-hybridized carbons (Fsp3) is 0.310. The van der Waals surface area contributed by atoms with Crippen molar-refractivity contribution in [1.82, 2.24) is 9.88 Å². The Bertz CT molecular complexity index is 1290. The van der Waals surface area contributed by atoms with Crippen LogP contribution in [-0.4, -0.2) is 41.2 Å². The van der Waals surface area contributed by atoms with Crippen LogP contribution in [0, 0.1) is 11.3 Å². The normalized spacial score (nSPS) is 17.9. The molecule has 2 aliphatic rings. The number of aliphatic hydroxyl groups is 1. The third-order valence-corrected chi connectivity index (χ3v) is 7.20. The van der Waals surface area contributed by atoms with Crippen molar-refractivity contribution in [3.63, 3.8) is 0 Å². The zero-order chi connectivity index (χ0) is 25.0. The molecule has 0 atom stereocenters. The zero-order valence-corrected chi connectivity index (χ0v) is 20.7. The molecule has 0 radical (unpaired) electrons. The molecular formula is C29H28ClN3O3. The molecule has 0 saturated carbocycles. The molecule has 7 heteroatoms. The van der Waals surface area contributed by atoms with Crippen LogP contribution in [0.3, 0.4) is 0 Å². The van der Waals surface area contributed by atoms with Gasteiger partial charge in [0, 0.05) is 42.0 Å². The van der Waals surface area contributed by atoms with Gasteiger partial charge in [-0.1, -0.05) is 35.9 Å². The lowest BCUT2D eigenvalue weighted by Gasteiger charge is -2.38. The number of ether oxygens (including phenoxy) is 2. The number of hydrogen-bond acceptors (Lipinski definition) is 6. The highest BCUT2D eigenvalue weighted by molar-refractivity contribution is 6.30. The van der Waals surface area contributed by atoms with E-state index in [0.717, 1.165) is 59.8 Å². The number of nitrogens with zero attached hydrogens (tertiary/aromatic N) is 3. The molecule has 0 aliphatic carbocycles. The van der Waals surface area contributed by atoms with E-state index in [2.05, 4.69) is 22.0 Å². The largest absolute Gasteiger partial charge is 0.487 e. The molecule has 1 saturated heterocycles. The molecule has 6 nitrogen and oxygen atoms in total. The Balaban J connectivity index is 1.32. The lowest BCUT2D eigenvalue weighted by Crippen LogP contribution is -2.42. The summed E-state index contributed by atoms with van der Waals surface area (Å²) in [5.74, 6) is 1.41. The molecule has 5 rings (SSSR count). The minimum absolute atomic E-state index is 0.00579. The van der Waals surface area contributed by atoms with E-state index in [-0.39, 0.29) is 6.61 Å². The van der Waals surface area contributed by atoms with Gasteiger partial charge in [-0.3, -0.25) is 4.98 Å². The quantitative estimate of drug-likeness (QED) is 0.491. The van der Waals surface area contributed by atoms with E-state index < -0.39 is 5.60 Å². The van der Waals surface area contributed by atoms with Gasteiger partial charge >= 0.3 is 0 Å². The minimum Gasteiger partial charge on any atom is -0.487 e. The number of piperidine rings is 1. The first-order valence-electron chi connectivity index (χ1n) is 12.2. The molecule has 0 amide bonds. The third kappa shape index (κ3) is 5.24. The summed E-state index contributed by atoms with van der Waals surface area (Å²) >= 11 is 6.02. The monoisotopic (exact) mass is 501 g/mol. The number of aromatic nitrogens is 1. The van der Waals surface area contributed by atoms with Gasteiger partial charge in [0.2, 0.25) is 0 Å². The molecule has 1 aromatic heterocycles. The van der Waals surface area contributed by atoms with Crippen molar-refractivity contribution in [3.05, 3.63) is 94.3 Å². The van der Waals surface area contributed by atoms with Gasteiger partial charge in [0.25, 0.3) is 0 Å². The van der Waals surface area contributed by atoms with Gasteiger partial charge in [-0.25, -0.2) is 0 Å². The second-order valence-corrected chi connectivity index (χ2v) is 9.61. The Hall–Kier alpha value is -3.37. The van der Waals surface area contributed by atoms with E-state index in [1.165, 1.54) is 0 Å². The summed E-state index contributed by atoms with van der Waals surface area (Å²) in [7, 11) is 0. The van der Waals surface area contributed by atoms with E-state index in [0.29, 0.717) is 30.2 Å². The lowest BCUT2D eigenvalue weighted by molar-refractivity contribution is -0.0254. The first-order valence-corrected chi connectivity index (χ1v) is 12.6. The summed E-state index contributed by atoms with van der Waals surface area (Å²) in [6, 6.07) is 19.2. The summed E-state index contributed by atoms with van der Waals surface area (Å²) in [4.78, 5) is 6.94. The van der Waals surface area contributed by atoms with E-state index in [1.54, 1.807) is 6.20 Å². The summed E-state index contributed by atoms with van der Waals surface area (Å²) in [6.45, 7) is 2.93. The maximum absolute atomic E-state index is 11.2. The van der Waals surface area contributed by atoms with Crippen LogP contribution < -0.4 is 9.47 Å². The van der Waals surface area contributed by atoms with Crippen LogP contribution in [0.5, 0.6) is 11.5 Å². The Morgan fingerprint density at radius 1 is 1.14 bits per heavy atom. The first-order chi connectivity index (χ1) is 17.6. The Kier molecular flexibility index (Phi) is 7.24. The van der Waals surface area contributed by atoms with Crippen LogP contribution in [0.2, 0.25) is 5.02 Å². The van der Waals surface area contributed by atoms with Gasteiger partial charge in [0.05, 0.1) is 11.3 Å². The molecule has 36 heavy (non-hydrogen) atoms. The molecule has 0 bridgehead atoms. The number of fused-ring (bicyclic) bond motifs is 2. The highest BCUT2D eigenvalue weighted by Gasteiger charge is 2.33. The maximum atomic E-state index is 11.2.